The van der Waals surface area contributed by atoms with Crippen molar-refractivity contribution in [3.8, 4) is 0 Å². The zero-order valence-corrected chi connectivity index (χ0v) is 12.4. The van der Waals surface area contributed by atoms with Gasteiger partial charge in [-0.1, -0.05) is 42.5 Å². The minimum atomic E-state index is 0.865. The summed E-state index contributed by atoms with van der Waals surface area (Å²) in [4.78, 5) is 1.30. The molecule has 2 aromatic carbocycles. The summed E-state index contributed by atoms with van der Waals surface area (Å²) >= 11 is 1.81. The Morgan fingerprint density at radius 3 is 2.67 bits per heavy atom. The van der Waals surface area contributed by atoms with Crippen LogP contribution >= 0.6 is 11.3 Å². The molecule has 1 aliphatic carbocycles. The number of allylic oxidation sites excluding steroid dienone is 2. The molecule has 102 valence electrons. The van der Waals surface area contributed by atoms with Crippen LogP contribution in [0.15, 0.2) is 54.6 Å². The van der Waals surface area contributed by atoms with Crippen LogP contribution < -0.4 is 5.73 Å². The van der Waals surface area contributed by atoms with Crippen molar-refractivity contribution in [2.75, 3.05) is 5.73 Å². The van der Waals surface area contributed by atoms with Crippen molar-refractivity contribution in [1.29, 1.82) is 0 Å². The first-order valence-corrected chi connectivity index (χ1v) is 7.88. The van der Waals surface area contributed by atoms with Gasteiger partial charge in [-0.05, 0) is 41.8 Å². The lowest BCUT2D eigenvalue weighted by Gasteiger charge is -2.05. The zero-order chi connectivity index (χ0) is 14.2. The Morgan fingerprint density at radius 1 is 0.952 bits per heavy atom. The van der Waals surface area contributed by atoms with Crippen molar-refractivity contribution in [3.05, 3.63) is 70.6 Å². The van der Waals surface area contributed by atoms with Gasteiger partial charge in [-0.2, -0.15) is 0 Å². The van der Waals surface area contributed by atoms with Gasteiger partial charge in [0.15, 0.2) is 0 Å². The Bertz CT molecular complexity index is 869. The Balaban J connectivity index is 1.98. The van der Waals surface area contributed by atoms with Crippen LogP contribution in [0.1, 0.15) is 22.4 Å². The first-order chi connectivity index (χ1) is 10.3. The summed E-state index contributed by atoms with van der Waals surface area (Å²) in [5.41, 5.74) is 11.0. The minimum absolute atomic E-state index is 0.865. The molecule has 2 N–H and O–H groups in total. The normalized spacial score (nSPS) is 13.8. The molecule has 0 atom stereocenters. The van der Waals surface area contributed by atoms with E-state index in [1.807, 2.05) is 23.5 Å². The number of nitrogen functional groups attached to an aromatic ring is 1. The smallest absolute Gasteiger partial charge is 0.0408 e. The van der Waals surface area contributed by atoms with E-state index < -0.39 is 0 Å². The van der Waals surface area contributed by atoms with Crippen LogP contribution in [0.3, 0.4) is 0 Å². The molecule has 0 saturated carbocycles. The van der Waals surface area contributed by atoms with Gasteiger partial charge in [-0.25, -0.2) is 0 Å². The minimum Gasteiger partial charge on any atom is -0.398 e. The first kappa shape index (κ1) is 12.4. The fourth-order valence-electron chi connectivity index (χ4n) is 2.86. The highest BCUT2D eigenvalue weighted by Gasteiger charge is 2.14. The molecule has 2 heteroatoms. The molecular formula is C19H15NS. The molecule has 1 heterocycles. The molecule has 3 aromatic rings. The van der Waals surface area contributed by atoms with Crippen molar-refractivity contribution in [3.63, 3.8) is 0 Å². The summed E-state index contributed by atoms with van der Waals surface area (Å²) in [6, 6.07) is 16.7. The molecule has 0 bridgehead atoms. The molecule has 4 rings (SSSR count). The number of nitrogens with two attached hydrogens (primary N) is 1. The lowest BCUT2D eigenvalue weighted by Crippen LogP contribution is -1.87. The van der Waals surface area contributed by atoms with Crippen LogP contribution in [0.2, 0.25) is 0 Å². The standard InChI is InChI=1S/C19H15NS/c20-16-9-5-11-18-19(16)15-12-14(8-4-10-17(15)21-18)13-6-2-1-3-7-13/h1-7,9-12H,8,20H2. The largest absolute Gasteiger partial charge is 0.398 e. The zero-order valence-electron chi connectivity index (χ0n) is 11.5. The maximum Gasteiger partial charge on any atom is 0.0408 e. The molecule has 1 aromatic heterocycles. The van der Waals surface area contributed by atoms with E-state index in [0.717, 1.165) is 12.1 Å². The van der Waals surface area contributed by atoms with E-state index in [-0.39, 0.29) is 0 Å². The predicted octanol–water partition coefficient (Wildman–Crippen LogP) is 5.44. The maximum atomic E-state index is 6.21. The number of hydrogen-bond donors (Lipinski definition) is 1. The van der Waals surface area contributed by atoms with Crippen molar-refractivity contribution < 1.29 is 0 Å². The summed E-state index contributed by atoms with van der Waals surface area (Å²) in [6.07, 6.45) is 7.74. The number of fused-ring (bicyclic) bond motifs is 3. The second kappa shape index (κ2) is 4.90. The molecule has 1 aliphatic rings. The fraction of sp³-hybridized carbons (Fsp3) is 0.0526. The third-order valence-electron chi connectivity index (χ3n) is 3.88. The van der Waals surface area contributed by atoms with Crippen LogP contribution in [0.25, 0.3) is 27.8 Å². The Kier molecular flexibility index (Phi) is 2.90. The molecule has 0 aliphatic heterocycles. The lowest BCUT2D eigenvalue weighted by molar-refractivity contribution is 1.42. The molecular weight excluding hydrogens is 274 g/mol. The molecule has 21 heavy (non-hydrogen) atoms. The second-order valence-electron chi connectivity index (χ2n) is 5.24. The monoisotopic (exact) mass is 289 g/mol. The van der Waals surface area contributed by atoms with E-state index >= 15 is 0 Å². The molecule has 0 unspecified atom stereocenters. The lowest BCUT2D eigenvalue weighted by atomic mass is 10.00. The van der Waals surface area contributed by atoms with Crippen LogP contribution in [0.4, 0.5) is 5.69 Å². The van der Waals surface area contributed by atoms with Crippen molar-refractivity contribution in [2.45, 2.75) is 6.42 Å². The summed E-state index contributed by atoms with van der Waals surface area (Å²) < 4.78 is 1.26. The van der Waals surface area contributed by atoms with E-state index in [1.54, 1.807) is 0 Å². The molecule has 0 amide bonds. The van der Waals surface area contributed by atoms with Gasteiger partial charge < -0.3 is 5.73 Å². The third-order valence-corrected chi connectivity index (χ3v) is 5.02. The van der Waals surface area contributed by atoms with Gasteiger partial charge in [-0.15, -0.1) is 11.3 Å². The van der Waals surface area contributed by atoms with Crippen LogP contribution in [-0.4, -0.2) is 0 Å². The van der Waals surface area contributed by atoms with Gasteiger partial charge >= 0.3 is 0 Å². The van der Waals surface area contributed by atoms with Crippen LogP contribution in [-0.2, 0) is 0 Å². The molecule has 0 fully saturated rings. The Morgan fingerprint density at radius 2 is 1.81 bits per heavy atom. The van der Waals surface area contributed by atoms with Crippen LogP contribution in [0, 0.1) is 0 Å². The third kappa shape index (κ3) is 2.08. The van der Waals surface area contributed by atoms with Gasteiger partial charge in [0, 0.05) is 26.2 Å². The summed E-state index contributed by atoms with van der Waals surface area (Å²) in [6.45, 7) is 0. The van der Waals surface area contributed by atoms with Gasteiger partial charge in [0.05, 0.1) is 0 Å². The highest BCUT2D eigenvalue weighted by molar-refractivity contribution is 7.20. The van der Waals surface area contributed by atoms with Crippen LogP contribution in [0.5, 0.6) is 0 Å². The first-order valence-electron chi connectivity index (χ1n) is 7.06. The number of thiophene rings is 1. The average molecular weight is 289 g/mol. The molecule has 0 saturated heterocycles. The molecule has 0 spiro atoms. The number of rotatable bonds is 1. The SMILES string of the molecule is Nc1cccc2sc3c(c12)C=C(c1ccccc1)CC=C3. The summed E-state index contributed by atoms with van der Waals surface area (Å²) in [5.74, 6) is 0. The van der Waals surface area contributed by atoms with Crippen molar-refractivity contribution in [1.82, 2.24) is 0 Å². The highest BCUT2D eigenvalue weighted by atomic mass is 32.1. The average Bonchev–Trinajstić information content (AvgIpc) is 2.73. The Labute approximate surface area is 128 Å². The van der Waals surface area contributed by atoms with E-state index in [4.69, 9.17) is 5.73 Å². The molecule has 0 radical (unpaired) electrons. The fourth-order valence-corrected chi connectivity index (χ4v) is 4.01. The number of benzene rings is 2. The van der Waals surface area contributed by atoms with Crippen molar-refractivity contribution >= 4 is 44.8 Å². The number of anilines is 1. The van der Waals surface area contributed by atoms with E-state index in [9.17, 15) is 0 Å². The second-order valence-corrected chi connectivity index (χ2v) is 6.33. The van der Waals surface area contributed by atoms with Crippen molar-refractivity contribution in [2.24, 2.45) is 0 Å². The van der Waals surface area contributed by atoms with Gasteiger partial charge in [0.2, 0.25) is 0 Å². The topological polar surface area (TPSA) is 26.0 Å². The summed E-state index contributed by atoms with van der Waals surface area (Å²) in [5, 5.41) is 1.19. The quantitative estimate of drug-likeness (QED) is 0.593. The maximum absolute atomic E-state index is 6.21. The van der Waals surface area contributed by atoms with E-state index in [2.05, 4.69) is 54.6 Å². The van der Waals surface area contributed by atoms with E-state index in [0.29, 0.717) is 0 Å². The number of hydrogen-bond acceptors (Lipinski definition) is 2. The van der Waals surface area contributed by atoms with Gasteiger partial charge in [-0.3, -0.25) is 0 Å². The predicted molar refractivity (Wildman–Crippen MR) is 94.2 cm³/mol. The van der Waals surface area contributed by atoms with Gasteiger partial charge in [0.1, 0.15) is 0 Å². The molecule has 1 nitrogen and oxygen atoms in total. The Hall–Kier alpha value is -2.32. The highest BCUT2D eigenvalue weighted by Crippen LogP contribution is 2.40. The van der Waals surface area contributed by atoms with Gasteiger partial charge in [0.25, 0.3) is 0 Å². The summed E-state index contributed by atoms with van der Waals surface area (Å²) in [7, 11) is 0. The van der Waals surface area contributed by atoms with E-state index in [1.165, 1.54) is 31.7 Å².